The van der Waals surface area contributed by atoms with Gasteiger partial charge in [0.15, 0.2) is 17.3 Å². The Labute approximate surface area is 228 Å². The van der Waals surface area contributed by atoms with Crippen LogP contribution in [0.5, 0.6) is 11.5 Å². The maximum atomic E-state index is 14.7. The Morgan fingerprint density at radius 3 is 2.64 bits per heavy atom. The van der Waals surface area contributed by atoms with Gasteiger partial charge in [-0.1, -0.05) is 30.3 Å². The first kappa shape index (κ1) is 25.9. The number of hydrogen-bond acceptors (Lipinski definition) is 8. The summed E-state index contributed by atoms with van der Waals surface area (Å²) in [6.45, 7) is 1.94. The highest BCUT2D eigenvalue weighted by Gasteiger charge is 2.60. The van der Waals surface area contributed by atoms with Gasteiger partial charge >= 0.3 is 5.97 Å². The number of ether oxygens (including phenoxy) is 4. The average Bonchev–Trinajstić information content (AvgIpc) is 3.65. The minimum atomic E-state index is -1.93. The number of ketones is 1. The van der Waals surface area contributed by atoms with Crippen molar-refractivity contribution >= 4 is 11.8 Å². The largest absolute Gasteiger partial charge is 0.501 e. The fraction of sp³-hybridized carbons (Fsp3) is 0.484. The summed E-state index contributed by atoms with van der Waals surface area (Å²) in [5.41, 5.74) is 0.767. The minimum Gasteiger partial charge on any atom is -0.501 e. The molecule has 4 aliphatic rings. The van der Waals surface area contributed by atoms with E-state index >= 15 is 0 Å². The first-order chi connectivity index (χ1) is 18.9. The normalized spacial score (nSPS) is 26.5. The van der Waals surface area contributed by atoms with E-state index in [0.717, 1.165) is 54.8 Å². The standard InChI is InChI=1S/C31H35NO7/c1-36-25-17-30-11-6-13-32(30)14-10-21-15-23-24(39-19-38-23)16-22(21)28(30)27(25)29(34)31(35,18-26(33)37-2)12-9-20-7-4-3-5-8-20/h3-5,7-8,15-17,27-28,35H,6,9-14,18-19H2,1-2H3/t27-,28-,30+,31-/m1/s1. The van der Waals surface area contributed by atoms with Crippen molar-refractivity contribution < 1.29 is 33.6 Å². The van der Waals surface area contributed by atoms with Gasteiger partial charge in [-0.2, -0.15) is 0 Å². The number of benzene rings is 2. The van der Waals surface area contributed by atoms with Crippen LogP contribution >= 0.6 is 0 Å². The summed E-state index contributed by atoms with van der Waals surface area (Å²) in [4.78, 5) is 29.6. The second-order valence-corrected chi connectivity index (χ2v) is 11.1. The van der Waals surface area contributed by atoms with Crippen LogP contribution in [0, 0.1) is 5.92 Å². The number of rotatable bonds is 8. The highest BCUT2D eigenvalue weighted by atomic mass is 16.7. The molecule has 3 heterocycles. The number of nitrogens with zero attached hydrogens (tertiary/aromatic N) is 1. The molecular weight excluding hydrogens is 498 g/mol. The number of Topliss-reactive ketones (excluding diaryl/α,β-unsaturated/α-hetero) is 1. The van der Waals surface area contributed by atoms with E-state index in [1.165, 1.54) is 7.11 Å². The van der Waals surface area contributed by atoms with Crippen LogP contribution in [0.15, 0.2) is 54.3 Å². The number of carbonyl (C=O) groups excluding carboxylic acids is 2. The van der Waals surface area contributed by atoms with Crippen LogP contribution in [-0.2, 0) is 31.9 Å². The predicted octanol–water partition coefficient (Wildman–Crippen LogP) is 3.55. The number of hydrogen-bond donors (Lipinski definition) is 1. The Morgan fingerprint density at radius 2 is 1.90 bits per heavy atom. The highest BCUT2D eigenvalue weighted by molar-refractivity contribution is 5.96. The summed E-state index contributed by atoms with van der Waals surface area (Å²) in [6, 6.07) is 13.7. The van der Waals surface area contributed by atoms with Crippen LogP contribution in [0.2, 0.25) is 0 Å². The van der Waals surface area contributed by atoms with Crippen molar-refractivity contribution in [1.82, 2.24) is 4.90 Å². The fourth-order valence-corrected chi connectivity index (χ4v) is 7.21. The van der Waals surface area contributed by atoms with Gasteiger partial charge in [0.05, 0.1) is 32.1 Å². The van der Waals surface area contributed by atoms with E-state index in [0.29, 0.717) is 17.9 Å². The molecule has 0 amide bonds. The first-order valence-corrected chi connectivity index (χ1v) is 13.7. The lowest BCUT2D eigenvalue weighted by molar-refractivity contribution is -0.156. The van der Waals surface area contributed by atoms with Gasteiger partial charge in [0, 0.05) is 12.5 Å². The lowest BCUT2D eigenvalue weighted by Gasteiger charge is -2.40. The number of aryl methyl sites for hydroxylation is 1. The molecule has 0 bridgehead atoms. The van der Waals surface area contributed by atoms with E-state index in [1.807, 2.05) is 42.5 Å². The summed E-state index contributed by atoms with van der Waals surface area (Å²) in [5, 5.41) is 12.0. The van der Waals surface area contributed by atoms with E-state index in [4.69, 9.17) is 18.9 Å². The quantitative estimate of drug-likeness (QED) is 0.515. The Bertz CT molecular complexity index is 1310. The third kappa shape index (κ3) is 4.30. The van der Waals surface area contributed by atoms with Crippen molar-refractivity contribution in [2.24, 2.45) is 5.92 Å². The molecular formula is C31H35NO7. The van der Waals surface area contributed by atoms with Gasteiger partial charge in [-0.3, -0.25) is 14.5 Å². The second kappa shape index (κ2) is 9.99. The smallest absolute Gasteiger partial charge is 0.308 e. The summed E-state index contributed by atoms with van der Waals surface area (Å²) < 4.78 is 22.3. The molecule has 0 unspecified atom stereocenters. The van der Waals surface area contributed by atoms with Gasteiger partial charge < -0.3 is 24.1 Å². The number of allylic oxidation sites excluding steroid dienone is 1. The third-order valence-corrected chi connectivity index (χ3v) is 9.10. The lowest BCUT2D eigenvalue weighted by atomic mass is 9.69. The zero-order valence-corrected chi connectivity index (χ0v) is 22.5. The second-order valence-electron chi connectivity index (χ2n) is 11.1. The summed E-state index contributed by atoms with van der Waals surface area (Å²) in [5.74, 6) is -0.158. The summed E-state index contributed by atoms with van der Waals surface area (Å²) in [6.07, 6.45) is 4.93. The lowest BCUT2D eigenvalue weighted by Crippen LogP contribution is -2.51. The maximum Gasteiger partial charge on any atom is 0.308 e. The van der Waals surface area contributed by atoms with E-state index in [2.05, 4.69) is 11.0 Å². The van der Waals surface area contributed by atoms with Crippen molar-refractivity contribution in [3.05, 3.63) is 71.0 Å². The zero-order chi connectivity index (χ0) is 27.2. The minimum absolute atomic E-state index is 0.0931. The molecule has 1 N–H and O–H groups in total. The van der Waals surface area contributed by atoms with Gasteiger partial charge in [-0.25, -0.2) is 0 Å². The topological polar surface area (TPSA) is 94.5 Å². The van der Waals surface area contributed by atoms with Crippen LogP contribution in [0.25, 0.3) is 0 Å². The maximum absolute atomic E-state index is 14.7. The van der Waals surface area contributed by atoms with Crippen molar-refractivity contribution in [1.29, 1.82) is 0 Å². The van der Waals surface area contributed by atoms with Crippen LogP contribution in [0.3, 0.4) is 0 Å². The first-order valence-electron chi connectivity index (χ1n) is 13.7. The monoisotopic (exact) mass is 533 g/mol. The molecule has 0 saturated carbocycles. The Balaban J connectivity index is 1.44. The molecule has 6 rings (SSSR count). The molecule has 2 aromatic rings. The van der Waals surface area contributed by atoms with Crippen LogP contribution in [0.1, 0.15) is 48.3 Å². The average molecular weight is 534 g/mol. The van der Waals surface area contributed by atoms with E-state index in [1.54, 1.807) is 7.11 Å². The number of aliphatic hydroxyl groups is 1. The number of fused-ring (bicyclic) bond motifs is 3. The van der Waals surface area contributed by atoms with Crippen LogP contribution < -0.4 is 9.47 Å². The number of methoxy groups -OCH3 is 2. The highest BCUT2D eigenvalue weighted by Crippen LogP contribution is 2.58. The van der Waals surface area contributed by atoms with Crippen molar-refractivity contribution in [2.75, 3.05) is 34.1 Å². The van der Waals surface area contributed by atoms with Gasteiger partial charge in [0.1, 0.15) is 11.4 Å². The Kier molecular flexibility index (Phi) is 6.63. The Morgan fingerprint density at radius 1 is 1.13 bits per heavy atom. The van der Waals surface area contributed by atoms with E-state index in [9.17, 15) is 14.7 Å². The molecule has 8 heteroatoms. The molecule has 4 atom stereocenters. The predicted molar refractivity (Wildman–Crippen MR) is 142 cm³/mol. The third-order valence-electron chi connectivity index (χ3n) is 9.10. The number of esters is 1. The number of carbonyl (C=O) groups is 2. The van der Waals surface area contributed by atoms with Gasteiger partial charge in [0.25, 0.3) is 0 Å². The van der Waals surface area contributed by atoms with Crippen molar-refractivity contribution in [2.45, 2.75) is 55.6 Å². The molecule has 39 heavy (non-hydrogen) atoms. The molecule has 1 saturated heterocycles. The Hall–Kier alpha value is -3.36. The SMILES string of the molecule is COC(=O)C[C@](O)(CCc1ccccc1)C(=O)[C@@H]1C(OC)=C[C@]23CCCN2CCc2cc4c(cc2[C@H]13)OCO4. The fourth-order valence-electron chi connectivity index (χ4n) is 7.21. The molecule has 8 nitrogen and oxygen atoms in total. The van der Waals surface area contributed by atoms with Gasteiger partial charge in [-0.15, -0.1) is 0 Å². The summed E-state index contributed by atoms with van der Waals surface area (Å²) in [7, 11) is 2.85. The van der Waals surface area contributed by atoms with E-state index < -0.39 is 35.2 Å². The van der Waals surface area contributed by atoms with Gasteiger partial charge in [0.2, 0.25) is 6.79 Å². The van der Waals surface area contributed by atoms with E-state index in [-0.39, 0.29) is 19.1 Å². The molecule has 0 radical (unpaired) electrons. The zero-order valence-electron chi connectivity index (χ0n) is 22.5. The molecule has 206 valence electrons. The molecule has 1 fully saturated rings. The molecule has 3 aliphatic heterocycles. The van der Waals surface area contributed by atoms with Crippen molar-refractivity contribution in [3.63, 3.8) is 0 Å². The van der Waals surface area contributed by atoms with Crippen LogP contribution in [0.4, 0.5) is 0 Å². The van der Waals surface area contributed by atoms with Crippen LogP contribution in [-0.4, -0.2) is 67.0 Å². The molecule has 2 aromatic carbocycles. The van der Waals surface area contributed by atoms with Gasteiger partial charge in [-0.05, 0) is 73.5 Å². The summed E-state index contributed by atoms with van der Waals surface area (Å²) >= 11 is 0. The molecule has 1 aliphatic carbocycles. The van der Waals surface area contributed by atoms with Crippen molar-refractivity contribution in [3.8, 4) is 11.5 Å². The molecule has 1 spiro atoms. The molecule has 0 aromatic heterocycles.